The Morgan fingerprint density at radius 1 is 0.947 bits per heavy atom. The fraction of sp³-hybridized carbons (Fsp3) is 0.200. The van der Waals surface area contributed by atoms with Crippen molar-refractivity contribution in [2.45, 2.75) is 20.8 Å². The molecule has 0 saturated heterocycles. The molecule has 0 amide bonds. The number of benzene rings is 2. The zero-order valence-corrected chi connectivity index (χ0v) is 12.7. The summed E-state index contributed by atoms with van der Waals surface area (Å²) in [5.41, 5.74) is 2.71. The zero-order chi connectivity index (χ0) is 13.3. The van der Waals surface area contributed by atoms with Crippen LogP contribution >= 0.6 is 7.37 Å². The molecule has 0 aliphatic carbocycles. The van der Waals surface area contributed by atoms with Gasteiger partial charge in [-0.1, -0.05) is 48.0 Å². The summed E-state index contributed by atoms with van der Waals surface area (Å²) in [5, 5.41) is 0.833. The van der Waals surface area contributed by atoms with Crippen molar-refractivity contribution in [1.29, 1.82) is 0 Å². The molecule has 0 bridgehead atoms. The Labute approximate surface area is 126 Å². The van der Waals surface area contributed by atoms with Crippen LogP contribution in [0.4, 0.5) is 0 Å². The molecule has 0 fully saturated rings. The van der Waals surface area contributed by atoms with Crippen molar-refractivity contribution >= 4 is 18.0 Å². The van der Waals surface area contributed by atoms with Gasteiger partial charge in [0.2, 0.25) is 0 Å². The minimum atomic E-state index is -3.74. The van der Waals surface area contributed by atoms with E-state index < -0.39 is 7.37 Å². The average molecular weight is 266 g/mol. The molecule has 0 heterocycles. The third-order valence-corrected chi connectivity index (χ3v) is 5.30. The Morgan fingerprint density at radius 2 is 1.42 bits per heavy atom. The number of hydrogen-bond donors (Lipinski definition) is 0. The van der Waals surface area contributed by atoms with E-state index in [9.17, 15) is 9.46 Å². The van der Waals surface area contributed by atoms with Crippen molar-refractivity contribution in [3.63, 3.8) is 0 Å². The van der Waals surface area contributed by atoms with Crippen LogP contribution in [0.3, 0.4) is 0 Å². The summed E-state index contributed by atoms with van der Waals surface area (Å²) in [7, 11) is -3.74. The molecule has 2 rings (SSSR count). The van der Waals surface area contributed by atoms with Crippen LogP contribution in [0.5, 0.6) is 0 Å². The van der Waals surface area contributed by atoms with E-state index in [4.69, 9.17) is 0 Å². The second-order valence-corrected chi connectivity index (χ2v) is 6.70. The minimum Gasteiger partial charge on any atom is -0.793 e. The maximum absolute atomic E-state index is 12.6. The van der Waals surface area contributed by atoms with Crippen LogP contribution < -0.4 is 34.4 Å². The minimum absolute atomic E-state index is 0. The third kappa shape index (κ3) is 3.22. The van der Waals surface area contributed by atoms with Gasteiger partial charge in [-0.3, -0.25) is 0 Å². The van der Waals surface area contributed by atoms with Crippen LogP contribution in [0, 0.1) is 20.8 Å². The number of hydrogen-bond acceptors (Lipinski definition) is 2. The summed E-state index contributed by atoms with van der Waals surface area (Å²) in [6.07, 6.45) is 0. The van der Waals surface area contributed by atoms with Gasteiger partial charge in [0.1, 0.15) is 0 Å². The summed E-state index contributed by atoms with van der Waals surface area (Å²) in [5.74, 6) is 0. The van der Waals surface area contributed by atoms with Crippen LogP contribution in [-0.4, -0.2) is 0 Å². The van der Waals surface area contributed by atoms with Crippen molar-refractivity contribution in [1.82, 2.24) is 0 Å². The molecule has 94 valence electrons. The van der Waals surface area contributed by atoms with Gasteiger partial charge in [0.25, 0.3) is 0 Å². The largest absolute Gasteiger partial charge is 1.00 e. The normalized spacial score (nSPS) is 13.5. The van der Waals surface area contributed by atoms with E-state index in [0.717, 1.165) is 16.7 Å². The van der Waals surface area contributed by atoms with Gasteiger partial charge < -0.3 is 9.46 Å². The van der Waals surface area contributed by atoms with Gasteiger partial charge in [-0.2, -0.15) is 0 Å². The molecule has 0 N–H and O–H groups in total. The summed E-state index contributed by atoms with van der Waals surface area (Å²) >= 11 is 0. The molecule has 1 unspecified atom stereocenters. The molecule has 0 aromatic heterocycles. The first-order chi connectivity index (χ1) is 8.43. The first-order valence-corrected chi connectivity index (χ1v) is 7.50. The van der Waals surface area contributed by atoms with Crippen LogP contribution in [0.2, 0.25) is 0 Å². The molecule has 0 saturated carbocycles. The maximum atomic E-state index is 12.6. The van der Waals surface area contributed by atoms with Crippen LogP contribution in [-0.2, 0) is 4.57 Å². The maximum Gasteiger partial charge on any atom is 1.00 e. The Hall–Kier alpha value is -0.773. The van der Waals surface area contributed by atoms with E-state index in [1.54, 1.807) is 24.3 Å². The number of aryl methyl sites for hydroxylation is 3. The van der Waals surface area contributed by atoms with Crippen molar-refractivity contribution in [3.05, 3.63) is 59.2 Å². The molecule has 19 heavy (non-hydrogen) atoms. The molecule has 1 atom stereocenters. The van der Waals surface area contributed by atoms with E-state index in [0.29, 0.717) is 10.6 Å². The van der Waals surface area contributed by atoms with Gasteiger partial charge in [0.05, 0.1) is 7.37 Å². The number of rotatable bonds is 2. The monoisotopic (exact) mass is 266 g/mol. The fourth-order valence-corrected chi connectivity index (χ4v) is 4.27. The Morgan fingerprint density at radius 3 is 1.89 bits per heavy atom. The topological polar surface area (TPSA) is 40.1 Å². The standard InChI is InChI=1S/C15H17O2P.Li/c1-11-9-12(2)15(13(3)10-11)18(16,17)14-7-5-4-6-8-14;/h4-10H,1-3H3,(H,16,17);/q;+1/p-1. The van der Waals surface area contributed by atoms with Crippen molar-refractivity contribution in [3.8, 4) is 0 Å². The summed E-state index contributed by atoms with van der Waals surface area (Å²) in [6.45, 7) is 5.67. The second kappa shape index (κ2) is 6.12. The van der Waals surface area contributed by atoms with Gasteiger partial charge in [0.15, 0.2) is 0 Å². The van der Waals surface area contributed by atoms with Crippen molar-refractivity contribution in [2.75, 3.05) is 0 Å². The molecule has 4 heteroatoms. The quantitative estimate of drug-likeness (QED) is 0.528. The van der Waals surface area contributed by atoms with Gasteiger partial charge in [-0.25, -0.2) is 0 Å². The summed E-state index contributed by atoms with van der Waals surface area (Å²) in [6, 6.07) is 12.4. The fourth-order valence-electron chi connectivity index (χ4n) is 2.39. The SMILES string of the molecule is Cc1cc(C)c(P(=O)([O-])c2ccccc2)c(C)c1.[Li+]. The second-order valence-electron chi connectivity index (χ2n) is 4.63. The van der Waals surface area contributed by atoms with E-state index in [-0.39, 0.29) is 18.9 Å². The van der Waals surface area contributed by atoms with Crippen LogP contribution in [0.25, 0.3) is 0 Å². The zero-order valence-electron chi connectivity index (χ0n) is 11.8. The van der Waals surface area contributed by atoms with Crippen LogP contribution in [0.15, 0.2) is 42.5 Å². The van der Waals surface area contributed by atoms with Crippen molar-refractivity contribution < 1.29 is 28.3 Å². The Bertz CT molecular complexity index is 600. The molecule has 0 radical (unpaired) electrons. The van der Waals surface area contributed by atoms with Crippen molar-refractivity contribution in [2.24, 2.45) is 0 Å². The summed E-state index contributed by atoms with van der Waals surface area (Å²) < 4.78 is 12.6. The van der Waals surface area contributed by atoms with Gasteiger partial charge in [0, 0.05) is 10.6 Å². The predicted octanol–water partition coefficient (Wildman–Crippen LogP) is -0.795. The Kier molecular flexibility index (Phi) is 5.24. The molecular weight excluding hydrogens is 250 g/mol. The molecule has 2 aromatic carbocycles. The molecule has 0 spiro atoms. The molecule has 0 aliphatic heterocycles. The molecular formula is C15H16LiO2P. The molecule has 0 aliphatic rings. The Balaban J connectivity index is 0.00000180. The van der Waals surface area contributed by atoms with Crippen LogP contribution in [0.1, 0.15) is 16.7 Å². The van der Waals surface area contributed by atoms with Gasteiger partial charge in [-0.05, 0) is 31.9 Å². The van der Waals surface area contributed by atoms with Gasteiger partial charge >= 0.3 is 18.9 Å². The first kappa shape index (κ1) is 16.3. The van der Waals surface area contributed by atoms with E-state index in [2.05, 4.69) is 0 Å². The first-order valence-electron chi connectivity index (χ1n) is 5.88. The summed E-state index contributed by atoms with van der Waals surface area (Å²) in [4.78, 5) is 12.6. The van der Waals surface area contributed by atoms with Gasteiger partial charge in [-0.15, -0.1) is 0 Å². The smallest absolute Gasteiger partial charge is 0.793 e. The van der Waals surface area contributed by atoms with E-state index in [1.807, 2.05) is 39.0 Å². The predicted molar refractivity (Wildman–Crippen MR) is 74.0 cm³/mol. The molecule has 2 aromatic rings. The van der Waals surface area contributed by atoms with E-state index >= 15 is 0 Å². The van der Waals surface area contributed by atoms with E-state index in [1.165, 1.54) is 0 Å². The molecule has 2 nitrogen and oxygen atoms in total. The third-order valence-electron chi connectivity index (χ3n) is 3.03. The average Bonchev–Trinajstić information content (AvgIpc) is 2.28.